The highest BCUT2D eigenvalue weighted by Crippen LogP contribution is 2.29. The Balaban J connectivity index is 1.88. The molecule has 3 rings (SSSR count). The summed E-state index contributed by atoms with van der Waals surface area (Å²) in [5.74, 6) is -0.159. The third kappa shape index (κ3) is 2.12. The fourth-order valence-electron chi connectivity index (χ4n) is 1.73. The zero-order valence-electron chi connectivity index (χ0n) is 8.77. The molecule has 1 aromatic carbocycles. The van der Waals surface area contributed by atoms with E-state index in [0.29, 0.717) is 11.6 Å². The topological polar surface area (TPSA) is 55.0 Å². The van der Waals surface area contributed by atoms with Gasteiger partial charge in [0.25, 0.3) is 0 Å². The highest BCUT2D eigenvalue weighted by molar-refractivity contribution is 8.00. The van der Waals surface area contributed by atoms with Crippen LogP contribution in [0.2, 0.25) is 5.02 Å². The molecule has 1 saturated heterocycles. The summed E-state index contributed by atoms with van der Waals surface area (Å²) in [6.45, 7) is 0.503. The Hall–Kier alpha value is -1.20. The Morgan fingerprint density at radius 3 is 3.18 bits per heavy atom. The van der Waals surface area contributed by atoms with E-state index in [0.717, 1.165) is 22.6 Å². The van der Waals surface area contributed by atoms with Crippen LogP contribution < -0.4 is 0 Å². The number of nitrogens with zero attached hydrogens (tertiary/aromatic N) is 1. The molecule has 17 heavy (non-hydrogen) atoms. The van der Waals surface area contributed by atoms with E-state index in [-0.39, 0.29) is 11.2 Å². The van der Waals surface area contributed by atoms with Gasteiger partial charge in [0.05, 0.1) is 17.6 Å². The van der Waals surface area contributed by atoms with Gasteiger partial charge in [-0.3, -0.25) is 4.79 Å². The van der Waals surface area contributed by atoms with E-state index in [1.165, 1.54) is 11.8 Å². The Morgan fingerprint density at radius 1 is 1.53 bits per heavy atom. The fourth-order valence-corrected chi connectivity index (χ4v) is 2.87. The van der Waals surface area contributed by atoms with Crippen LogP contribution in [0.3, 0.4) is 0 Å². The number of carbonyl (C=O) groups excluding carboxylic acids is 1. The van der Waals surface area contributed by atoms with Crippen molar-refractivity contribution in [3.8, 4) is 0 Å². The number of fused-ring (bicyclic) bond motifs is 1. The van der Waals surface area contributed by atoms with Gasteiger partial charge in [-0.25, -0.2) is 4.98 Å². The maximum Gasteiger partial charge on any atom is 0.319 e. The second-order valence-electron chi connectivity index (χ2n) is 3.77. The van der Waals surface area contributed by atoms with Crippen molar-refractivity contribution >= 4 is 40.4 Å². The molecular formula is C11H9ClN2O2S. The number of aromatic amines is 1. The number of carbonyl (C=O) groups is 1. The first-order chi connectivity index (χ1) is 8.22. The first kappa shape index (κ1) is 10.9. The number of nitrogens with one attached hydrogen (secondary N) is 1. The summed E-state index contributed by atoms with van der Waals surface area (Å²) < 4.78 is 4.91. The van der Waals surface area contributed by atoms with Gasteiger partial charge >= 0.3 is 5.97 Å². The summed E-state index contributed by atoms with van der Waals surface area (Å²) in [4.78, 5) is 18.9. The van der Waals surface area contributed by atoms with Gasteiger partial charge in [0.1, 0.15) is 5.25 Å². The Labute approximate surface area is 107 Å². The van der Waals surface area contributed by atoms with Gasteiger partial charge in [-0.2, -0.15) is 0 Å². The molecule has 6 heteroatoms. The molecule has 1 aromatic heterocycles. The van der Waals surface area contributed by atoms with Crippen molar-refractivity contribution in [2.75, 3.05) is 6.61 Å². The summed E-state index contributed by atoms with van der Waals surface area (Å²) in [7, 11) is 0. The first-order valence-electron chi connectivity index (χ1n) is 5.21. The number of hydrogen-bond donors (Lipinski definition) is 1. The summed E-state index contributed by atoms with van der Waals surface area (Å²) in [6, 6.07) is 5.47. The fraction of sp³-hybridized carbons (Fsp3) is 0.273. The number of imidazole rings is 1. The molecule has 1 atom stereocenters. The standard InChI is InChI=1S/C11H9ClN2O2S/c12-6-1-2-7-8(5-6)14-11(13-7)17-9-3-4-16-10(9)15/h1-2,5,9H,3-4H2,(H,13,14)/t9-/m0/s1. The van der Waals surface area contributed by atoms with E-state index >= 15 is 0 Å². The third-order valence-electron chi connectivity index (χ3n) is 2.56. The van der Waals surface area contributed by atoms with E-state index in [1.807, 2.05) is 12.1 Å². The van der Waals surface area contributed by atoms with Crippen LogP contribution in [0, 0.1) is 0 Å². The number of halogens is 1. The van der Waals surface area contributed by atoms with Crippen molar-refractivity contribution in [3.63, 3.8) is 0 Å². The number of benzene rings is 1. The van der Waals surface area contributed by atoms with Gasteiger partial charge in [-0.15, -0.1) is 0 Å². The summed E-state index contributed by atoms with van der Waals surface area (Å²) in [5, 5.41) is 1.25. The number of ether oxygens (including phenoxy) is 1. The summed E-state index contributed by atoms with van der Waals surface area (Å²) in [5.41, 5.74) is 1.73. The molecule has 2 heterocycles. The molecule has 1 aliphatic rings. The molecule has 88 valence electrons. The van der Waals surface area contributed by atoms with Crippen LogP contribution in [-0.4, -0.2) is 27.8 Å². The van der Waals surface area contributed by atoms with E-state index in [9.17, 15) is 4.79 Å². The molecule has 0 radical (unpaired) electrons. The minimum atomic E-state index is -0.159. The lowest BCUT2D eigenvalue weighted by Gasteiger charge is -2.00. The number of esters is 1. The van der Waals surface area contributed by atoms with Crippen LogP contribution in [0.25, 0.3) is 11.0 Å². The van der Waals surface area contributed by atoms with Gasteiger partial charge in [0.2, 0.25) is 0 Å². The largest absolute Gasteiger partial charge is 0.465 e. The van der Waals surface area contributed by atoms with Crippen molar-refractivity contribution in [3.05, 3.63) is 23.2 Å². The maximum absolute atomic E-state index is 11.3. The van der Waals surface area contributed by atoms with Gasteiger partial charge in [-0.05, 0) is 18.2 Å². The quantitative estimate of drug-likeness (QED) is 0.851. The smallest absolute Gasteiger partial charge is 0.319 e. The maximum atomic E-state index is 11.3. The number of hydrogen-bond acceptors (Lipinski definition) is 4. The second kappa shape index (κ2) is 4.23. The highest BCUT2D eigenvalue weighted by Gasteiger charge is 2.28. The number of H-pyrrole nitrogens is 1. The third-order valence-corrected chi connectivity index (χ3v) is 3.93. The van der Waals surface area contributed by atoms with Crippen LogP contribution in [-0.2, 0) is 9.53 Å². The molecule has 0 spiro atoms. The predicted octanol–water partition coefficient (Wildman–Crippen LogP) is 2.62. The Kier molecular flexibility index (Phi) is 2.72. The van der Waals surface area contributed by atoms with Gasteiger partial charge < -0.3 is 9.72 Å². The predicted molar refractivity (Wildman–Crippen MR) is 66.3 cm³/mol. The molecule has 0 amide bonds. The van der Waals surface area contributed by atoms with Crippen molar-refractivity contribution in [1.82, 2.24) is 9.97 Å². The summed E-state index contributed by atoms with van der Waals surface area (Å²) >= 11 is 7.30. The minimum Gasteiger partial charge on any atom is -0.465 e. The van der Waals surface area contributed by atoms with E-state index in [1.54, 1.807) is 6.07 Å². The van der Waals surface area contributed by atoms with Crippen molar-refractivity contribution in [1.29, 1.82) is 0 Å². The lowest BCUT2D eigenvalue weighted by Crippen LogP contribution is -2.09. The average Bonchev–Trinajstić information content (AvgIpc) is 2.85. The van der Waals surface area contributed by atoms with Gasteiger partial charge in [0.15, 0.2) is 5.16 Å². The first-order valence-corrected chi connectivity index (χ1v) is 6.47. The Bertz CT molecular complexity index is 584. The molecule has 2 aromatic rings. The van der Waals surface area contributed by atoms with Gasteiger partial charge in [0, 0.05) is 11.4 Å². The van der Waals surface area contributed by atoms with Gasteiger partial charge in [-0.1, -0.05) is 23.4 Å². The highest BCUT2D eigenvalue weighted by atomic mass is 35.5. The monoisotopic (exact) mass is 268 g/mol. The van der Waals surface area contributed by atoms with Crippen LogP contribution >= 0.6 is 23.4 Å². The van der Waals surface area contributed by atoms with E-state index in [4.69, 9.17) is 16.3 Å². The Morgan fingerprint density at radius 2 is 2.41 bits per heavy atom. The molecule has 1 fully saturated rings. The van der Waals surface area contributed by atoms with Crippen LogP contribution in [0.1, 0.15) is 6.42 Å². The molecule has 0 unspecified atom stereocenters. The lowest BCUT2D eigenvalue weighted by atomic mass is 10.3. The van der Waals surface area contributed by atoms with Crippen LogP contribution in [0.4, 0.5) is 0 Å². The zero-order valence-corrected chi connectivity index (χ0v) is 10.3. The molecule has 0 aliphatic carbocycles. The lowest BCUT2D eigenvalue weighted by molar-refractivity contribution is -0.137. The molecule has 4 nitrogen and oxygen atoms in total. The molecule has 1 aliphatic heterocycles. The molecule has 0 saturated carbocycles. The van der Waals surface area contributed by atoms with Crippen LogP contribution in [0.15, 0.2) is 23.4 Å². The molecular weight excluding hydrogens is 260 g/mol. The zero-order chi connectivity index (χ0) is 11.8. The van der Waals surface area contributed by atoms with Crippen molar-refractivity contribution in [2.24, 2.45) is 0 Å². The van der Waals surface area contributed by atoms with Crippen molar-refractivity contribution < 1.29 is 9.53 Å². The van der Waals surface area contributed by atoms with Crippen LogP contribution in [0.5, 0.6) is 0 Å². The number of rotatable bonds is 2. The second-order valence-corrected chi connectivity index (χ2v) is 5.39. The SMILES string of the molecule is O=C1OCC[C@@H]1Sc1nc2ccc(Cl)cc2[nH]1. The van der Waals surface area contributed by atoms with Crippen molar-refractivity contribution in [2.45, 2.75) is 16.8 Å². The average molecular weight is 269 g/mol. The number of thioether (sulfide) groups is 1. The summed E-state index contributed by atoms with van der Waals surface area (Å²) in [6.07, 6.45) is 0.737. The molecule has 1 N–H and O–H groups in total. The molecule has 0 bridgehead atoms. The van der Waals surface area contributed by atoms with E-state index in [2.05, 4.69) is 9.97 Å². The normalized spacial score (nSPS) is 19.8. The number of cyclic esters (lactones) is 1. The minimum absolute atomic E-state index is 0.147. The number of aromatic nitrogens is 2. The van der Waals surface area contributed by atoms with E-state index < -0.39 is 0 Å².